The Bertz CT molecular complexity index is 1670. The van der Waals surface area contributed by atoms with Crippen LogP contribution >= 0.6 is 0 Å². The number of pyridine rings is 1. The van der Waals surface area contributed by atoms with E-state index in [1.165, 1.54) is 25.3 Å². The molecule has 0 aliphatic rings. The number of nitrogen functional groups attached to an aromatic ring is 2. The van der Waals surface area contributed by atoms with Crippen LogP contribution in [0.25, 0.3) is 5.82 Å². The maximum Gasteiger partial charge on any atom is 0.349 e. The molecule has 4 rings (SSSR count). The van der Waals surface area contributed by atoms with Gasteiger partial charge in [-0.15, -0.1) is 5.10 Å². The standard InChI is InChI=1S/C28H31FN8O5/c1-3-16-12-19(23(29)22(13-16)41-11-5-10-38)24(26-35-28(40)37(36-26)27-20(30)6-4-9-33-27)34-17-7-8-18(25(31)32)21(14-17)42-15(2)39/h4,6-9,12-14,24,34,38H,3,5,10-11,30H2,1-2H3,(H3,31,32)(H,35,36,40). The molecule has 2 heterocycles. The van der Waals surface area contributed by atoms with Crippen LogP contribution in [0.4, 0.5) is 15.8 Å². The molecule has 1 atom stereocenters. The maximum absolute atomic E-state index is 16.1. The van der Waals surface area contributed by atoms with Crippen molar-refractivity contribution in [2.45, 2.75) is 32.7 Å². The average molecular weight is 579 g/mol. The summed E-state index contributed by atoms with van der Waals surface area (Å²) in [6, 6.07) is 9.71. The minimum atomic E-state index is -1.11. The first kappa shape index (κ1) is 29.7. The number of hydrogen-bond acceptors (Lipinski definition) is 10. The first-order valence-electron chi connectivity index (χ1n) is 13.0. The minimum absolute atomic E-state index is 0.00911. The zero-order valence-electron chi connectivity index (χ0n) is 23.0. The summed E-state index contributed by atoms with van der Waals surface area (Å²) < 4.78 is 27.9. The fourth-order valence-corrected chi connectivity index (χ4v) is 4.18. The number of aliphatic hydroxyl groups excluding tert-OH is 1. The highest BCUT2D eigenvalue weighted by atomic mass is 19.1. The van der Waals surface area contributed by atoms with E-state index < -0.39 is 23.5 Å². The number of benzene rings is 2. The molecule has 0 saturated heterocycles. The number of aromatic nitrogens is 4. The summed E-state index contributed by atoms with van der Waals surface area (Å²) >= 11 is 0. The second kappa shape index (κ2) is 13.0. The predicted molar refractivity (Wildman–Crippen MR) is 154 cm³/mol. The highest BCUT2D eigenvalue weighted by Gasteiger charge is 2.27. The summed E-state index contributed by atoms with van der Waals surface area (Å²) in [6.45, 7) is 3.06. The van der Waals surface area contributed by atoms with E-state index in [2.05, 4.69) is 20.4 Å². The van der Waals surface area contributed by atoms with Crippen molar-refractivity contribution in [1.82, 2.24) is 19.7 Å². The fourth-order valence-electron chi connectivity index (χ4n) is 4.18. The Balaban J connectivity index is 1.88. The van der Waals surface area contributed by atoms with Crippen molar-refractivity contribution < 1.29 is 23.8 Å². The van der Waals surface area contributed by atoms with Crippen LogP contribution in [-0.2, 0) is 11.2 Å². The van der Waals surface area contributed by atoms with E-state index in [-0.39, 0.29) is 59.0 Å². The van der Waals surface area contributed by atoms with E-state index in [0.717, 1.165) is 10.2 Å². The van der Waals surface area contributed by atoms with Gasteiger partial charge in [-0.05, 0) is 42.3 Å². The third-order valence-electron chi connectivity index (χ3n) is 6.17. The minimum Gasteiger partial charge on any atom is -0.490 e. The van der Waals surface area contributed by atoms with Gasteiger partial charge in [0.1, 0.15) is 17.6 Å². The molecule has 8 N–H and O–H groups in total. The van der Waals surface area contributed by atoms with Gasteiger partial charge in [-0.2, -0.15) is 4.68 Å². The van der Waals surface area contributed by atoms with Gasteiger partial charge >= 0.3 is 11.7 Å². The van der Waals surface area contributed by atoms with Gasteiger partial charge < -0.3 is 31.4 Å². The SMILES string of the molecule is CCc1cc(OCCCO)c(F)c(C(Nc2ccc(C(=N)N)c(OC(C)=O)c2)c2nn(-c3ncccc3N)c(=O)[nH]2)c1. The lowest BCUT2D eigenvalue weighted by molar-refractivity contribution is -0.131. The van der Waals surface area contributed by atoms with Gasteiger partial charge in [0.2, 0.25) is 0 Å². The molecule has 2 aromatic heterocycles. The maximum atomic E-state index is 16.1. The molecular formula is C28H31FN8O5. The van der Waals surface area contributed by atoms with Gasteiger partial charge in [0.25, 0.3) is 0 Å². The van der Waals surface area contributed by atoms with Crippen molar-refractivity contribution in [3.8, 4) is 17.3 Å². The van der Waals surface area contributed by atoms with E-state index in [1.54, 1.807) is 30.3 Å². The Morgan fingerprint density at radius 2 is 2.05 bits per heavy atom. The molecule has 4 aromatic rings. The van der Waals surface area contributed by atoms with Gasteiger partial charge in [-0.3, -0.25) is 15.2 Å². The van der Waals surface area contributed by atoms with Crippen molar-refractivity contribution in [2.24, 2.45) is 5.73 Å². The molecule has 0 bridgehead atoms. The van der Waals surface area contributed by atoms with Crippen molar-refractivity contribution in [3.05, 3.63) is 87.5 Å². The Morgan fingerprint density at radius 3 is 2.71 bits per heavy atom. The molecule has 42 heavy (non-hydrogen) atoms. The number of nitrogens with one attached hydrogen (secondary N) is 3. The van der Waals surface area contributed by atoms with Crippen LogP contribution in [0.3, 0.4) is 0 Å². The highest BCUT2D eigenvalue weighted by Crippen LogP contribution is 2.34. The number of hydrogen-bond donors (Lipinski definition) is 6. The van der Waals surface area contributed by atoms with E-state index in [0.29, 0.717) is 18.5 Å². The number of aliphatic hydroxyl groups is 1. The summed E-state index contributed by atoms with van der Waals surface area (Å²) in [4.78, 5) is 31.5. The van der Waals surface area contributed by atoms with Crippen molar-refractivity contribution in [1.29, 1.82) is 5.41 Å². The number of anilines is 2. The van der Waals surface area contributed by atoms with Crippen LogP contribution in [0, 0.1) is 11.2 Å². The number of esters is 1. The Hall–Kier alpha value is -5.24. The summed E-state index contributed by atoms with van der Waals surface area (Å²) in [7, 11) is 0. The molecule has 14 heteroatoms. The zero-order valence-corrected chi connectivity index (χ0v) is 23.0. The summed E-state index contributed by atoms with van der Waals surface area (Å²) in [5.74, 6) is -1.59. The van der Waals surface area contributed by atoms with Crippen LogP contribution in [0.5, 0.6) is 11.5 Å². The van der Waals surface area contributed by atoms with Gasteiger partial charge in [0.05, 0.1) is 17.9 Å². The molecular weight excluding hydrogens is 547 g/mol. The van der Waals surface area contributed by atoms with E-state index >= 15 is 4.39 Å². The highest BCUT2D eigenvalue weighted by molar-refractivity contribution is 5.98. The zero-order chi connectivity index (χ0) is 30.4. The lowest BCUT2D eigenvalue weighted by Crippen LogP contribution is -2.19. The molecule has 13 nitrogen and oxygen atoms in total. The Kier molecular flexibility index (Phi) is 9.17. The normalized spacial score (nSPS) is 11.6. The average Bonchev–Trinajstić information content (AvgIpc) is 3.33. The quantitative estimate of drug-likeness (QED) is 0.0475. The monoisotopic (exact) mass is 578 g/mol. The van der Waals surface area contributed by atoms with Crippen LogP contribution in [0.2, 0.25) is 0 Å². The van der Waals surface area contributed by atoms with Crippen LogP contribution in [-0.4, -0.2) is 49.9 Å². The number of aryl methyl sites for hydroxylation is 1. The first-order valence-corrected chi connectivity index (χ1v) is 13.0. The molecule has 220 valence electrons. The molecule has 0 aliphatic carbocycles. The largest absolute Gasteiger partial charge is 0.490 e. The Labute approximate surface area is 239 Å². The van der Waals surface area contributed by atoms with Crippen LogP contribution in [0.1, 0.15) is 48.8 Å². The number of carbonyl (C=O) groups is 1. The first-order chi connectivity index (χ1) is 20.1. The third-order valence-corrected chi connectivity index (χ3v) is 6.17. The number of nitrogens with two attached hydrogens (primary N) is 2. The smallest absolute Gasteiger partial charge is 0.349 e. The fraction of sp³-hybridized carbons (Fsp3) is 0.250. The lowest BCUT2D eigenvalue weighted by Gasteiger charge is -2.22. The number of amidine groups is 1. The topological polar surface area (TPSA) is 207 Å². The summed E-state index contributed by atoms with van der Waals surface area (Å²) in [6.07, 6.45) is 2.29. The van der Waals surface area contributed by atoms with Crippen molar-refractivity contribution in [2.75, 3.05) is 24.3 Å². The molecule has 1 unspecified atom stereocenters. The number of rotatable bonds is 12. The van der Waals surface area contributed by atoms with E-state index in [1.807, 2.05) is 6.92 Å². The Morgan fingerprint density at radius 1 is 1.26 bits per heavy atom. The van der Waals surface area contributed by atoms with Crippen LogP contribution < -0.4 is 31.9 Å². The van der Waals surface area contributed by atoms with Gasteiger partial charge in [0, 0.05) is 43.5 Å². The number of halogens is 1. The van der Waals surface area contributed by atoms with Gasteiger partial charge in [0.15, 0.2) is 23.2 Å². The molecule has 0 fully saturated rings. The molecule has 0 aliphatic heterocycles. The number of nitrogens with zero attached hydrogens (tertiary/aromatic N) is 3. The van der Waals surface area contributed by atoms with E-state index in [4.69, 9.17) is 31.5 Å². The second-order valence-corrected chi connectivity index (χ2v) is 9.22. The summed E-state index contributed by atoms with van der Waals surface area (Å²) in [5.41, 5.74) is 12.5. The van der Waals surface area contributed by atoms with Crippen molar-refractivity contribution >= 4 is 23.2 Å². The molecule has 2 aromatic carbocycles. The molecule has 0 amide bonds. The molecule has 0 radical (unpaired) electrons. The van der Waals surface area contributed by atoms with Crippen molar-refractivity contribution in [3.63, 3.8) is 0 Å². The van der Waals surface area contributed by atoms with Crippen LogP contribution in [0.15, 0.2) is 53.5 Å². The van der Waals surface area contributed by atoms with E-state index in [9.17, 15) is 9.59 Å². The number of H-pyrrole nitrogens is 1. The third kappa shape index (κ3) is 6.55. The molecule has 0 spiro atoms. The van der Waals surface area contributed by atoms with Gasteiger partial charge in [-0.1, -0.05) is 13.0 Å². The van der Waals surface area contributed by atoms with Gasteiger partial charge in [-0.25, -0.2) is 14.2 Å². The number of aromatic amines is 1. The second-order valence-electron chi connectivity index (χ2n) is 9.22. The number of ether oxygens (including phenoxy) is 2. The summed E-state index contributed by atoms with van der Waals surface area (Å²) in [5, 5.41) is 24.5. The number of carbonyl (C=O) groups excluding carboxylic acids is 1. The predicted octanol–water partition coefficient (Wildman–Crippen LogP) is 2.41. The molecule has 0 saturated carbocycles. The lowest BCUT2D eigenvalue weighted by atomic mass is 10.00.